The molecule has 0 aliphatic heterocycles. The number of anilines is 1. The lowest BCUT2D eigenvalue weighted by Crippen LogP contribution is -2.09. The number of nitrogens with two attached hydrogens (primary N) is 1. The number of hydrogen-bond acceptors (Lipinski definition) is 3. The maximum atomic E-state index is 12.0. The van der Waals surface area contributed by atoms with E-state index in [1.54, 1.807) is 6.07 Å². The van der Waals surface area contributed by atoms with Gasteiger partial charge in [-0.3, -0.25) is 4.98 Å². The van der Waals surface area contributed by atoms with Gasteiger partial charge in [-0.15, -0.1) is 0 Å². The first kappa shape index (κ1) is 9.32. The first-order valence-electron chi connectivity index (χ1n) is 3.18. The number of aromatic nitrogens is 1. The molecule has 6 heteroatoms. The van der Waals surface area contributed by atoms with Gasteiger partial charge in [0, 0.05) is 6.20 Å². The summed E-state index contributed by atoms with van der Waals surface area (Å²) in [6.45, 7) is 0. The minimum absolute atomic E-state index is 0.0620. The molecule has 0 fully saturated rings. The van der Waals surface area contributed by atoms with Crippen LogP contribution in [-0.2, 0) is 6.18 Å². The summed E-state index contributed by atoms with van der Waals surface area (Å²) in [6, 6.07) is 2.26. The van der Waals surface area contributed by atoms with Crippen LogP contribution in [0.2, 0.25) is 0 Å². The standard InChI is InChI=1S/C7H4F3N3/c8-7(9,10)6-1-5(12)4(2-11)3-13-6/h1,3H,(H2,12,13). The van der Waals surface area contributed by atoms with Crippen molar-refractivity contribution in [1.82, 2.24) is 4.98 Å². The van der Waals surface area contributed by atoms with Crippen molar-refractivity contribution < 1.29 is 13.2 Å². The molecule has 0 atom stereocenters. The fraction of sp³-hybridized carbons (Fsp3) is 0.143. The predicted molar refractivity (Wildman–Crippen MR) is 38.4 cm³/mol. The third-order valence-electron chi connectivity index (χ3n) is 1.35. The van der Waals surface area contributed by atoms with Crippen molar-refractivity contribution in [2.75, 3.05) is 5.73 Å². The van der Waals surface area contributed by atoms with Crippen LogP contribution in [0, 0.1) is 11.3 Å². The molecule has 0 amide bonds. The number of nitriles is 1. The zero-order valence-corrected chi connectivity index (χ0v) is 6.26. The summed E-state index contributed by atoms with van der Waals surface area (Å²) in [5.74, 6) is 0. The van der Waals surface area contributed by atoms with Crippen LogP contribution in [0.4, 0.5) is 18.9 Å². The Bertz CT molecular complexity index is 364. The van der Waals surface area contributed by atoms with Crippen LogP contribution in [0.3, 0.4) is 0 Å². The van der Waals surface area contributed by atoms with Crippen molar-refractivity contribution in [2.24, 2.45) is 0 Å². The van der Waals surface area contributed by atoms with Crippen molar-refractivity contribution >= 4 is 5.69 Å². The first-order chi connectivity index (χ1) is 5.95. The van der Waals surface area contributed by atoms with E-state index in [0.717, 1.165) is 6.20 Å². The quantitative estimate of drug-likeness (QED) is 0.670. The van der Waals surface area contributed by atoms with Crippen LogP contribution in [0.15, 0.2) is 12.3 Å². The molecular weight excluding hydrogens is 183 g/mol. The SMILES string of the molecule is N#Cc1cnc(C(F)(F)F)cc1N. The average molecular weight is 187 g/mol. The van der Waals surface area contributed by atoms with Gasteiger partial charge in [0.15, 0.2) is 0 Å². The zero-order chi connectivity index (χ0) is 10.1. The van der Waals surface area contributed by atoms with E-state index in [9.17, 15) is 13.2 Å². The molecule has 0 radical (unpaired) electrons. The molecule has 1 aromatic heterocycles. The molecule has 0 saturated heterocycles. The number of hydrogen-bond donors (Lipinski definition) is 1. The van der Waals surface area contributed by atoms with E-state index >= 15 is 0 Å². The minimum atomic E-state index is -4.53. The van der Waals surface area contributed by atoms with Gasteiger partial charge in [0.25, 0.3) is 0 Å². The Labute approximate surface area is 71.6 Å². The smallest absolute Gasteiger partial charge is 0.398 e. The molecule has 68 valence electrons. The maximum absolute atomic E-state index is 12.0. The van der Waals surface area contributed by atoms with Crippen molar-refractivity contribution in [3.05, 3.63) is 23.5 Å². The number of nitrogens with zero attached hydrogens (tertiary/aromatic N) is 2. The molecule has 0 aromatic carbocycles. The molecular formula is C7H4F3N3. The number of pyridine rings is 1. The normalized spacial score (nSPS) is 10.9. The molecule has 0 aliphatic carbocycles. The molecule has 1 aromatic rings. The second-order valence-corrected chi connectivity index (χ2v) is 2.27. The van der Waals surface area contributed by atoms with Gasteiger partial charge in [-0.1, -0.05) is 0 Å². The second-order valence-electron chi connectivity index (χ2n) is 2.27. The topological polar surface area (TPSA) is 62.7 Å². The van der Waals surface area contributed by atoms with E-state index in [2.05, 4.69) is 4.98 Å². The Balaban J connectivity index is 3.20. The highest BCUT2D eigenvalue weighted by Crippen LogP contribution is 2.28. The maximum Gasteiger partial charge on any atom is 0.433 e. The zero-order valence-electron chi connectivity index (χ0n) is 6.26. The minimum Gasteiger partial charge on any atom is -0.398 e. The van der Waals surface area contributed by atoms with Crippen LogP contribution < -0.4 is 5.73 Å². The van der Waals surface area contributed by atoms with Gasteiger partial charge in [-0.05, 0) is 6.07 Å². The van der Waals surface area contributed by atoms with Crippen LogP contribution in [0.1, 0.15) is 11.3 Å². The molecule has 0 saturated carbocycles. The van der Waals surface area contributed by atoms with Gasteiger partial charge < -0.3 is 5.73 Å². The monoisotopic (exact) mass is 187 g/mol. The molecule has 1 rings (SSSR count). The predicted octanol–water partition coefficient (Wildman–Crippen LogP) is 1.55. The highest BCUT2D eigenvalue weighted by molar-refractivity contribution is 5.53. The Morgan fingerprint density at radius 2 is 2.08 bits per heavy atom. The van der Waals surface area contributed by atoms with E-state index in [0.29, 0.717) is 6.07 Å². The summed E-state index contributed by atoms with van der Waals surface area (Å²) >= 11 is 0. The van der Waals surface area contributed by atoms with Gasteiger partial charge in [0.05, 0.1) is 11.3 Å². The molecule has 0 spiro atoms. The molecule has 0 aliphatic rings. The van der Waals surface area contributed by atoms with Gasteiger partial charge in [0.2, 0.25) is 0 Å². The lowest BCUT2D eigenvalue weighted by molar-refractivity contribution is -0.141. The fourth-order valence-corrected chi connectivity index (χ4v) is 0.719. The van der Waals surface area contributed by atoms with Gasteiger partial charge in [0.1, 0.15) is 11.8 Å². The third kappa shape index (κ3) is 1.87. The second kappa shape index (κ2) is 2.94. The van der Waals surface area contributed by atoms with Crippen LogP contribution in [-0.4, -0.2) is 4.98 Å². The largest absolute Gasteiger partial charge is 0.433 e. The van der Waals surface area contributed by atoms with Gasteiger partial charge in [-0.2, -0.15) is 18.4 Å². The summed E-state index contributed by atoms with van der Waals surface area (Å²) in [5.41, 5.74) is 3.79. The molecule has 13 heavy (non-hydrogen) atoms. The Morgan fingerprint density at radius 3 is 2.46 bits per heavy atom. The Kier molecular flexibility index (Phi) is 2.10. The highest BCUT2D eigenvalue weighted by atomic mass is 19.4. The number of rotatable bonds is 0. The van der Waals surface area contributed by atoms with Gasteiger partial charge in [-0.25, -0.2) is 0 Å². The molecule has 0 bridgehead atoms. The number of halogens is 3. The molecule has 1 heterocycles. The molecule has 0 unspecified atom stereocenters. The first-order valence-corrected chi connectivity index (χ1v) is 3.18. The van der Waals surface area contributed by atoms with E-state index in [4.69, 9.17) is 11.0 Å². The summed E-state index contributed by atoms with van der Waals surface area (Å²) in [5, 5.41) is 8.36. The summed E-state index contributed by atoms with van der Waals surface area (Å²) in [6.07, 6.45) is -3.72. The molecule has 3 nitrogen and oxygen atoms in total. The van der Waals surface area contributed by atoms with E-state index < -0.39 is 11.9 Å². The summed E-state index contributed by atoms with van der Waals surface area (Å²) in [7, 11) is 0. The van der Waals surface area contributed by atoms with Crippen molar-refractivity contribution in [3.8, 4) is 6.07 Å². The van der Waals surface area contributed by atoms with Crippen LogP contribution in [0.25, 0.3) is 0 Å². The van der Waals surface area contributed by atoms with Crippen molar-refractivity contribution in [1.29, 1.82) is 5.26 Å². The van der Waals surface area contributed by atoms with E-state index in [1.165, 1.54) is 0 Å². The van der Waals surface area contributed by atoms with E-state index in [-0.39, 0.29) is 11.3 Å². The van der Waals surface area contributed by atoms with Crippen molar-refractivity contribution in [2.45, 2.75) is 6.18 Å². The molecule has 2 N–H and O–H groups in total. The average Bonchev–Trinajstić information content (AvgIpc) is 2.02. The van der Waals surface area contributed by atoms with E-state index in [1.807, 2.05) is 0 Å². The third-order valence-corrected chi connectivity index (χ3v) is 1.35. The number of alkyl halides is 3. The summed E-state index contributed by atoms with van der Waals surface area (Å²) < 4.78 is 36.0. The lowest BCUT2D eigenvalue weighted by Gasteiger charge is -2.05. The van der Waals surface area contributed by atoms with Crippen LogP contribution in [0.5, 0.6) is 0 Å². The van der Waals surface area contributed by atoms with Crippen LogP contribution >= 0.6 is 0 Å². The number of nitrogen functional groups attached to an aromatic ring is 1. The Hall–Kier alpha value is -1.77. The summed E-state index contributed by atoms with van der Waals surface area (Å²) in [4.78, 5) is 3.05. The lowest BCUT2D eigenvalue weighted by atomic mass is 10.2. The highest BCUT2D eigenvalue weighted by Gasteiger charge is 2.32. The fourth-order valence-electron chi connectivity index (χ4n) is 0.719. The van der Waals surface area contributed by atoms with Crippen molar-refractivity contribution in [3.63, 3.8) is 0 Å². The Morgan fingerprint density at radius 1 is 1.46 bits per heavy atom. The van der Waals surface area contributed by atoms with Gasteiger partial charge >= 0.3 is 6.18 Å².